The van der Waals surface area contributed by atoms with Crippen molar-refractivity contribution in [2.24, 2.45) is 0 Å². The van der Waals surface area contributed by atoms with Gasteiger partial charge in [0.15, 0.2) is 0 Å². The highest BCUT2D eigenvalue weighted by atomic mass is 35.5. The Morgan fingerprint density at radius 2 is 2.07 bits per heavy atom. The van der Waals surface area contributed by atoms with E-state index in [1.807, 2.05) is 12.3 Å². The van der Waals surface area contributed by atoms with Crippen LogP contribution in [0.4, 0.5) is 0 Å². The second-order valence-corrected chi connectivity index (χ2v) is 4.64. The number of aromatic nitrogens is 1. The lowest BCUT2D eigenvalue weighted by atomic mass is 10.2. The molecule has 3 heteroatoms. The molecule has 0 aliphatic heterocycles. The third kappa shape index (κ3) is 1.86. The summed E-state index contributed by atoms with van der Waals surface area (Å²) >= 11 is 12.0. The van der Waals surface area contributed by atoms with Gasteiger partial charge in [-0.1, -0.05) is 17.7 Å². The molecule has 1 heterocycles. The van der Waals surface area contributed by atoms with Crippen molar-refractivity contribution in [2.75, 3.05) is 0 Å². The highest BCUT2D eigenvalue weighted by molar-refractivity contribution is 6.35. The number of hydrogen-bond acceptors (Lipinski definition) is 0. The predicted molar refractivity (Wildman–Crippen MR) is 66.9 cm³/mol. The smallest absolute Gasteiger partial charge is 0.0661 e. The van der Waals surface area contributed by atoms with Gasteiger partial charge in [0.05, 0.1) is 5.02 Å². The van der Waals surface area contributed by atoms with Crippen LogP contribution < -0.4 is 0 Å². The summed E-state index contributed by atoms with van der Waals surface area (Å²) in [6, 6.07) is 6.61. The Kier molecular flexibility index (Phi) is 2.94. The van der Waals surface area contributed by atoms with Gasteiger partial charge in [0.1, 0.15) is 0 Å². The quantitative estimate of drug-likeness (QED) is 0.677. The summed E-state index contributed by atoms with van der Waals surface area (Å²) in [5, 5.41) is 1.88. The predicted octanol–water partition coefficient (Wildman–Crippen LogP) is 4.61. The molecule has 2 aromatic rings. The average molecular weight is 242 g/mol. The Balaban J connectivity index is 2.69. The molecule has 15 heavy (non-hydrogen) atoms. The van der Waals surface area contributed by atoms with Crippen LogP contribution in [-0.4, -0.2) is 4.57 Å². The highest BCUT2D eigenvalue weighted by Crippen LogP contribution is 2.29. The maximum absolute atomic E-state index is 6.19. The van der Waals surface area contributed by atoms with Gasteiger partial charge in [-0.05, 0) is 31.5 Å². The van der Waals surface area contributed by atoms with Crippen LogP contribution in [0.5, 0.6) is 0 Å². The Bertz CT molecular complexity index is 486. The van der Waals surface area contributed by atoms with Crippen LogP contribution in [0.3, 0.4) is 0 Å². The van der Waals surface area contributed by atoms with Crippen LogP contribution in [-0.2, 0) is 5.88 Å². The molecular formula is C12H13Cl2N. The van der Waals surface area contributed by atoms with E-state index in [-0.39, 0.29) is 0 Å². The van der Waals surface area contributed by atoms with Gasteiger partial charge in [-0.15, -0.1) is 11.6 Å². The summed E-state index contributed by atoms with van der Waals surface area (Å²) in [5.41, 5.74) is 2.27. The number of fused-ring (bicyclic) bond motifs is 1. The summed E-state index contributed by atoms with van der Waals surface area (Å²) in [6.07, 6.45) is 1.98. The molecule has 0 atom stereocenters. The number of benzene rings is 1. The summed E-state index contributed by atoms with van der Waals surface area (Å²) in [6.45, 7) is 4.29. The number of alkyl halides is 1. The maximum atomic E-state index is 6.19. The molecule has 0 unspecified atom stereocenters. The minimum Gasteiger partial charge on any atom is -0.343 e. The van der Waals surface area contributed by atoms with Crippen LogP contribution in [0.25, 0.3) is 10.9 Å². The van der Waals surface area contributed by atoms with Gasteiger partial charge in [0.2, 0.25) is 0 Å². The zero-order valence-corrected chi connectivity index (χ0v) is 10.3. The molecule has 0 radical (unpaired) electrons. The highest BCUT2D eigenvalue weighted by Gasteiger charge is 2.09. The molecule has 0 amide bonds. The van der Waals surface area contributed by atoms with Gasteiger partial charge in [-0.25, -0.2) is 0 Å². The van der Waals surface area contributed by atoms with E-state index in [1.54, 1.807) is 0 Å². The fraction of sp³-hybridized carbons (Fsp3) is 0.333. The molecule has 0 bridgehead atoms. The molecule has 1 aromatic carbocycles. The number of nitrogens with zero attached hydrogens (tertiary/aromatic N) is 1. The van der Waals surface area contributed by atoms with Crippen molar-refractivity contribution in [3.63, 3.8) is 0 Å². The van der Waals surface area contributed by atoms with Crippen LogP contribution in [0.15, 0.2) is 24.4 Å². The second-order valence-electron chi connectivity index (χ2n) is 3.96. The van der Waals surface area contributed by atoms with Gasteiger partial charge < -0.3 is 4.57 Å². The first-order chi connectivity index (χ1) is 7.13. The summed E-state index contributed by atoms with van der Waals surface area (Å²) < 4.78 is 2.18. The molecule has 0 fully saturated rings. The first-order valence-electron chi connectivity index (χ1n) is 4.98. The molecule has 1 nitrogen and oxygen atoms in total. The van der Waals surface area contributed by atoms with Gasteiger partial charge >= 0.3 is 0 Å². The largest absolute Gasteiger partial charge is 0.343 e. The summed E-state index contributed by atoms with van der Waals surface area (Å²) in [7, 11) is 0. The minimum absolute atomic E-state index is 0.418. The Morgan fingerprint density at radius 1 is 1.33 bits per heavy atom. The fourth-order valence-corrected chi connectivity index (χ4v) is 2.19. The van der Waals surface area contributed by atoms with Crippen molar-refractivity contribution in [1.82, 2.24) is 4.57 Å². The molecule has 0 aliphatic rings. The fourth-order valence-electron chi connectivity index (χ4n) is 1.77. The molecular weight excluding hydrogens is 229 g/mol. The van der Waals surface area contributed by atoms with Crippen molar-refractivity contribution in [2.45, 2.75) is 25.8 Å². The molecule has 0 saturated carbocycles. The Morgan fingerprint density at radius 3 is 2.67 bits per heavy atom. The number of halogens is 2. The van der Waals surface area contributed by atoms with E-state index in [0.717, 1.165) is 16.0 Å². The van der Waals surface area contributed by atoms with Gasteiger partial charge in [-0.2, -0.15) is 0 Å². The first kappa shape index (κ1) is 10.8. The Labute approximate surface area is 99.6 Å². The average Bonchev–Trinajstić information content (AvgIpc) is 2.56. The van der Waals surface area contributed by atoms with Gasteiger partial charge in [0.25, 0.3) is 0 Å². The lowest BCUT2D eigenvalue weighted by Crippen LogP contribution is -1.97. The SMILES string of the molecule is CC(C)n1cc(Cl)c2cc(CCl)ccc21. The molecule has 0 N–H and O–H groups in total. The summed E-state index contributed by atoms with van der Waals surface area (Å²) in [4.78, 5) is 0. The topological polar surface area (TPSA) is 4.93 Å². The molecule has 0 aliphatic carbocycles. The van der Waals surface area contributed by atoms with Crippen LogP contribution in [0.2, 0.25) is 5.02 Å². The maximum Gasteiger partial charge on any atom is 0.0661 e. The van der Waals surface area contributed by atoms with Crippen molar-refractivity contribution < 1.29 is 0 Å². The van der Waals surface area contributed by atoms with E-state index >= 15 is 0 Å². The van der Waals surface area contributed by atoms with Crippen molar-refractivity contribution in [3.05, 3.63) is 35.0 Å². The molecule has 1 aromatic heterocycles. The van der Waals surface area contributed by atoms with Gasteiger partial charge in [0, 0.05) is 29.0 Å². The van der Waals surface area contributed by atoms with Crippen molar-refractivity contribution in [3.8, 4) is 0 Å². The monoisotopic (exact) mass is 241 g/mol. The van der Waals surface area contributed by atoms with E-state index in [0.29, 0.717) is 11.9 Å². The molecule has 0 saturated heterocycles. The Hall–Kier alpha value is -0.660. The third-order valence-electron chi connectivity index (χ3n) is 2.56. The van der Waals surface area contributed by atoms with E-state index in [1.165, 1.54) is 5.52 Å². The minimum atomic E-state index is 0.418. The van der Waals surface area contributed by atoms with Crippen molar-refractivity contribution >= 4 is 34.1 Å². The molecule has 80 valence electrons. The zero-order chi connectivity index (χ0) is 11.0. The van der Waals surface area contributed by atoms with Crippen molar-refractivity contribution in [1.29, 1.82) is 0 Å². The third-order valence-corrected chi connectivity index (χ3v) is 3.17. The molecule has 0 spiro atoms. The van der Waals surface area contributed by atoms with Crippen LogP contribution >= 0.6 is 23.2 Å². The molecule has 2 rings (SSSR count). The summed E-state index contributed by atoms with van der Waals surface area (Å²) in [5.74, 6) is 0.527. The van der Waals surface area contributed by atoms with Crippen LogP contribution in [0, 0.1) is 0 Å². The number of hydrogen-bond donors (Lipinski definition) is 0. The number of rotatable bonds is 2. The van der Waals surface area contributed by atoms with E-state index in [4.69, 9.17) is 23.2 Å². The van der Waals surface area contributed by atoms with E-state index in [2.05, 4.69) is 30.5 Å². The second kappa shape index (κ2) is 4.07. The van der Waals surface area contributed by atoms with Gasteiger partial charge in [-0.3, -0.25) is 0 Å². The normalized spacial score (nSPS) is 11.5. The first-order valence-corrected chi connectivity index (χ1v) is 5.89. The van der Waals surface area contributed by atoms with E-state index < -0.39 is 0 Å². The lowest BCUT2D eigenvalue weighted by molar-refractivity contribution is 0.623. The van der Waals surface area contributed by atoms with E-state index in [9.17, 15) is 0 Å². The lowest BCUT2D eigenvalue weighted by Gasteiger charge is -2.08. The van der Waals surface area contributed by atoms with Crippen LogP contribution in [0.1, 0.15) is 25.5 Å². The standard InChI is InChI=1S/C12H13Cl2N/c1-8(2)15-7-11(14)10-5-9(6-13)3-4-12(10)15/h3-5,7-8H,6H2,1-2H3. The zero-order valence-electron chi connectivity index (χ0n) is 8.80.